The van der Waals surface area contributed by atoms with Gasteiger partial charge in [-0.1, -0.05) is 0 Å². The van der Waals surface area contributed by atoms with Crippen LogP contribution in [0.5, 0.6) is 5.75 Å². The molecule has 1 saturated heterocycles. The van der Waals surface area contributed by atoms with E-state index in [1.165, 1.54) is 41.4 Å². The summed E-state index contributed by atoms with van der Waals surface area (Å²) < 4.78 is 11.4. The molecule has 0 unspecified atom stereocenters. The standard InChI is InChI=1S/C23H28NO5S/c1-16-13-20(30-11-5-6-12-30)14-17(2)22(16)28-15-21(25)29-23(3,4)18-7-9-19(10-8-18)24(26)27/h7-10,13-14H,5-6,11-12,15H2,1-4H3/q+1. The average molecular weight is 431 g/mol. The molecule has 160 valence electrons. The molecule has 2 aromatic rings. The van der Waals surface area contributed by atoms with Crippen molar-refractivity contribution >= 4 is 22.6 Å². The van der Waals surface area contributed by atoms with E-state index in [9.17, 15) is 14.9 Å². The smallest absolute Gasteiger partial charge is 0.345 e. The molecule has 1 aliphatic rings. The molecule has 1 fully saturated rings. The molecule has 0 bridgehead atoms. The zero-order chi connectivity index (χ0) is 21.9. The van der Waals surface area contributed by atoms with Crippen LogP contribution in [0, 0.1) is 24.0 Å². The van der Waals surface area contributed by atoms with E-state index in [-0.39, 0.29) is 12.3 Å². The number of non-ortho nitro benzene ring substituents is 1. The summed E-state index contributed by atoms with van der Waals surface area (Å²) in [7, 11) is 0.339. The minimum atomic E-state index is -0.924. The largest absolute Gasteiger partial charge is 0.481 e. The van der Waals surface area contributed by atoms with Crippen molar-refractivity contribution in [3.8, 4) is 5.75 Å². The number of nitro benzene ring substituents is 1. The van der Waals surface area contributed by atoms with Crippen LogP contribution < -0.4 is 4.74 Å². The van der Waals surface area contributed by atoms with Crippen LogP contribution in [0.1, 0.15) is 43.4 Å². The van der Waals surface area contributed by atoms with Gasteiger partial charge in [-0.3, -0.25) is 10.1 Å². The number of ether oxygens (including phenoxy) is 2. The lowest BCUT2D eigenvalue weighted by molar-refractivity contribution is -0.384. The monoisotopic (exact) mass is 430 g/mol. The predicted octanol–water partition coefficient (Wildman–Crippen LogP) is 4.84. The van der Waals surface area contributed by atoms with Crippen molar-refractivity contribution in [3.63, 3.8) is 0 Å². The van der Waals surface area contributed by atoms with Crippen LogP contribution in [-0.2, 0) is 26.0 Å². The molecule has 0 atom stereocenters. The van der Waals surface area contributed by atoms with Gasteiger partial charge in [0.05, 0.1) is 4.92 Å². The molecule has 6 nitrogen and oxygen atoms in total. The summed E-state index contributed by atoms with van der Waals surface area (Å²) in [5.74, 6) is 2.78. The molecular weight excluding hydrogens is 402 g/mol. The maximum absolute atomic E-state index is 12.4. The van der Waals surface area contributed by atoms with Gasteiger partial charge in [0, 0.05) is 23.0 Å². The maximum atomic E-state index is 12.4. The summed E-state index contributed by atoms with van der Waals surface area (Å²) in [5.41, 5.74) is 1.82. The van der Waals surface area contributed by atoms with Gasteiger partial charge in [-0.15, -0.1) is 0 Å². The van der Waals surface area contributed by atoms with Crippen molar-refractivity contribution in [2.45, 2.75) is 51.0 Å². The molecule has 0 aromatic heterocycles. The van der Waals surface area contributed by atoms with E-state index in [0.29, 0.717) is 16.5 Å². The first kappa shape index (κ1) is 22.2. The predicted molar refractivity (Wildman–Crippen MR) is 118 cm³/mol. The van der Waals surface area contributed by atoms with Crippen LogP contribution in [0.2, 0.25) is 0 Å². The summed E-state index contributed by atoms with van der Waals surface area (Å²) in [5, 5.41) is 10.8. The van der Waals surface area contributed by atoms with Gasteiger partial charge in [0.15, 0.2) is 11.5 Å². The SMILES string of the molecule is Cc1cc([S+]2CCCC2)cc(C)c1OCC(=O)OC(C)(C)c1ccc([N+](=O)[O-])cc1. The quantitative estimate of drug-likeness (QED) is 0.272. The fourth-order valence-corrected chi connectivity index (χ4v) is 6.15. The topological polar surface area (TPSA) is 78.7 Å². The Bertz CT molecular complexity index is 910. The number of rotatable bonds is 7. The Morgan fingerprint density at radius 3 is 2.20 bits per heavy atom. The highest BCUT2D eigenvalue weighted by Crippen LogP contribution is 2.31. The molecule has 30 heavy (non-hydrogen) atoms. The summed E-state index contributed by atoms with van der Waals surface area (Å²) in [6.07, 6.45) is 2.60. The zero-order valence-corrected chi connectivity index (χ0v) is 18.7. The fourth-order valence-electron chi connectivity index (χ4n) is 3.68. The van der Waals surface area contributed by atoms with E-state index in [2.05, 4.69) is 12.1 Å². The Labute approximate surface area is 180 Å². The van der Waals surface area contributed by atoms with Crippen molar-refractivity contribution in [3.05, 3.63) is 63.2 Å². The second-order valence-electron chi connectivity index (χ2n) is 8.07. The van der Waals surface area contributed by atoms with E-state index < -0.39 is 16.5 Å². The number of carbonyl (C=O) groups excluding carboxylic acids is 1. The maximum Gasteiger partial charge on any atom is 0.345 e. The van der Waals surface area contributed by atoms with Crippen LogP contribution in [0.3, 0.4) is 0 Å². The van der Waals surface area contributed by atoms with Crippen LogP contribution in [0.4, 0.5) is 5.69 Å². The fraction of sp³-hybridized carbons (Fsp3) is 0.435. The zero-order valence-electron chi connectivity index (χ0n) is 17.9. The highest BCUT2D eigenvalue weighted by Gasteiger charge is 2.29. The number of carbonyl (C=O) groups is 1. The second kappa shape index (κ2) is 9.08. The number of aryl methyl sites for hydroxylation is 2. The minimum Gasteiger partial charge on any atom is -0.481 e. The first-order valence-electron chi connectivity index (χ1n) is 10.1. The number of benzene rings is 2. The number of esters is 1. The molecule has 0 N–H and O–H groups in total. The van der Waals surface area contributed by atoms with Gasteiger partial charge in [-0.25, -0.2) is 4.79 Å². The summed E-state index contributed by atoms with van der Waals surface area (Å²) in [4.78, 5) is 24.2. The van der Waals surface area contributed by atoms with E-state index in [0.717, 1.165) is 16.9 Å². The lowest BCUT2D eigenvalue weighted by Gasteiger charge is -2.25. The molecule has 2 aromatic carbocycles. The molecule has 1 heterocycles. The second-order valence-corrected chi connectivity index (χ2v) is 10.3. The third kappa shape index (κ3) is 5.14. The van der Waals surface area contributed by atoms with Gasteiger partial charge in [-0.05, 0) is 81.5 Å². The van der Waals surface area contributed by atoms with Crippen LogP contribution in [-0.4, -0.2) is 29.0 Å². The van der Waals surface area contributed by atoms with E-state index >= 15 is 0 Å². The van der Waals surface area contributed by atoms with Gasteiger partial charge >= 0.3 is 5.97 Å². The van der Waals surface area contributed by atoms with Crippen LogP contribution in [0.25, 0.3) is 0 Å². The highest BCUT2D eigenvalue weighted by molar-refractivity contribution is 7.97. The van der Waals surface area contributed by atoms with Crippen molar-refractivity contribution < 1.29 is 19.2 Å². The van der Waals surface area contributed by atoms with Crippen LogP contribution in [0.15, 0.2) is 41.3 Å². The molecule has 0 radical (unpaired) electrons. The molecule has 1 aliphatic heterocycles. The van der Waals surface area contributed by atoms with Crippen molar-refractivity contribution in [1.29, 1.82) is 0 Å². The molecule has 0 saturated carbocycles. The van der Waals surface area contributed by atoms with E-state index in [4.69, 9.17) is 9.47 Å². The number of nitro groups is 1. The first-order valence-corrected chi connectivity index (χ1v) is 11.6. The Morgan fingerprint density at radius 2 is 1.67 bits per heavy atom. The average Bonchev–Trinajstić information content (AvgIpc) is 3.21. The van der Waals surface area contributed by atoms with Gasteiger partial charge in [0.2, 0.25) is 0 Å². The molecular formula is C23H28NO5S+. The summed E-state index contributed by atoms with van der Waals surface area (Å²) in [6, 6.07) is 10.4. The first-order chi connectivity index (χ1) is 14.2. The van der Waals surface area contributed by atoms with Crippen molar-refractivity contribution in [2.75, 3.05) is 18.1 Å². The Kier molecular flexibility index (Phi) is 6.71. The number of hydrogen-bond donors (Lipinski definition) is 0. The van der Waals surface area contributed by atoms with E-state index in [1.807, 2.05) is 13.8 Å². The number of nitrogens with zero attached hydrogens (tertiary/aromatic N) is 1. The number of hydrogen-bond acceptors (Lipinski definition) is 5. The van der Waals surface area contributed by atoms with Gasteiger partial charge < -0.3 is 9.47 Å². The third-order valence-corrected chi connectivity index (χ3v) is 7.74. The molecule has 3 rings (SSSR count). The molecule has 0 amide bonds. The Hall–Kier alpha value is -2.54. The summed E-state index contributed by atoms with van der Waals surface area (Å²) >= 11 is 0. The van der Waals surface area contributed by atoms with Gasteiger partial charge in [-0.2, -0.15) is 0 Å². The third-order valence-electron chi connectivity index (χ3n) is 5.28. The Morgan fingerprint density at radius 1 is 1.10 bits per heavy atom. The van der Waals surface area contributed by atoms with Crippen LogP contribution >= 0.6 is 0 Å². The van der Waals surface area contributed by atoms with Gasteiger partial charge in [0.1, 0.15) is 22.9 Å². The molecule has 0 aliphatic carbocycles. The van der Waals surface area contributed by atoms with Crippen molar-refractivity contribution in [1.82, 2.24) is 0 Å². The lowest BCUT2D eigenvalue weighted by atomic mass is 9.98. The highest BCUT2D eigenvalue weighted by atomic mass is 32.2. The molecule has 0 spiro atoms. The van der Waals surface area contributed by atoms with Crippen molar-refractivity contribution in [2.24, 2.45) is 0 Å². The normalized spacial score (nSPS) is 14.5. The van der Waals surface area contributed by atoms with Gasteiger partial charge in [0.25, 0.3) is 5.69 Å². The van der Waals surface area contributed by atoms with E-state index in [1.54, 1.807) is 26.0 Å². The lowest BCUT2D eigenvalue weighted by Crippen LogP contribution is -2.28. The Balaban J connectivity index is 1.63. The molecule has 7 heteroatoms. The minimum absolute atomic E-state index is 0.00294. The summed E-state index contributed by atoms with van der Waals surface area (Å²) in [6.45, 7) is 7.33.